The fourth-order valence-electron chi connectivity index (χ4n) is 2.08. The first-order valence-electron chi connectivity index (χ1n) is 6.54. The zero-order chi connectivity index (χ0) is 14.6. The van der Waals surface area contributed by atoms with E-state index in [0.29, 0.717) is 31.1 Å². The van der Waals surface area contributed by atoms with Crippen molar-refractivity contribution < 1.29 is 18.3 Å². The highest BCUT2D eigenvalue weighted by Crippen LogP contribution is 2.19. The molecule has 1 saturated heterocycles. The molecule has 20 heavy (non-hydrogen) atoms. The van der Waals surface area contributed by atoms with E-state index in [1.807, 2.05) is 17.0 Å². The topological polar surface area (TPSA) is 92.9 Å². The molecule has 1 atom stereocenters. The Morgan fingerprint density at radius 1 is 1.30 bits per heavy atom. The molecule has 1 aliphatic heterocycles. The average molecular weight is 300 g/mol. The Hall–Kier alpha value is -1.31. The lowest BCUT2D eigenvalue weighted by molar-refractivity contribution is 0.0713. The fraction of sp³-hybridized carbons (Fsp3) is 0.538. The van der Waals surface area contributed by atoms with Gasteiger partial charge in [0.2, 0.25) is 0 Å². The van der Waals surface area contributed by atoms with Crippen LogP contribution in [0.4, 0.5) is 5.69 Å². The molecule has 1 fully saturated rings. The maximum Gasteiger partial charge on any atom is 0.152 e. The first-order valence-corrected chi connectivity index (χ1v) is 8.36. The van der Waals surface area contributed by atoms with Gasteiger partial charge in [-0.1, -0.05) is 12.1 Å². The minimum absolute atomic E-state index is 0.136. The van der Waals surface area contributed by atoms with E-state index in [4.69, 9.17) is 10.5 Å². The van der Waals surface area contributed by atoms with Gasteiger partial charge < -0.3 is 15.6 Å². The van der Waals surface area contributed by atoms with Crippen LogP contribution < -0.4 is 10.5 Å². The second-order valence-corrected chi connectivity index (χ2v) is 7.26. The standard InChI is InChI=1S/C13H20N2O4S/c14-12-3-1-2-4-13(12)19-10-11(16)9-15-5-7-20(17,18)8-6-15/h1-4,11,16H,5-10,14H2. The van der Waals surface area contributed by atoms with Gasteiger partial charge in [0.1, 0.15) is 18.5 Å². The van der Waals surface area contributed by atoms with Gasteiger partial charge in [0.05, 0.1) is 17.2 Å². The Bertz CT molecular complexity index is 533. The zero-order valence-electron chi connectivity index (χ0n) is 11.2. The Morgan fingerprint density at radius 3 is 2.60 bits per heavy atom. The van der Waals surface area contributed by atoms with Crippen LogP contribution in [0.5, 0.6) is 5.75 Å². The van der Waals surface area contributed by atoms with Crippen LogP contribution >= 0.6 is 0 Å². The van der Waals surface area contributed by atoms with Crippen molar-refractivity contribution in [2.75, 3.05) is 43.5 Å². The molecule has 1 aliphatic rings. The van der Waals surface area contributed by atoms with Crippen molar-refractivity contribution in [2.45, 2.75) is 6.10 Å². The summed E-state index contributed by atoms with van der Waals surface area (Å²) in [5, 5.41) is 9.93. The number of nitrogens with zero attached hydrogens (tertiary/aromatic N) is 1. The summed E-state index contributed by atoms with van der Waals surface area (Å²) in [7, 11) is -2.88. The number of sulfone groups is 1. The number of hydrogen-bond acceptors (Lipinski definition) is 6. The number of aliphatic hydroxyl groups excluding tert-OH is 1. The smallest absolute Gasteiger partial charge is 0.152 e. The molecule has 0 saturated carbocycles. The number of para-hydroxylation sites is 2. The molecule has 0 aromatic heterocycles. The number of benzene rings is 1. The lowest BCUT2D eigenvalue weighted by atomic mass is 10.3. The average Bonchev–Trinajstić information content (AvgIpc) is 2.40. The van der Waals surface area contributed by atoms with Crippen LogP contribution in [-0.2, 0) is 9.84 Å². The molecular formula is C13H20N2O4S. The largest absolute Gasteiger partial charge is 0.489 e. The van der Waals surface area contributed by atoms with E-state index in [0.717, 1.165) is 0 Å². The van der Waals surface area contributed by atoms with Crippen molar-refractivity contribution >= 4 is 15.5 Å². The molecule has 1 heterocycles. The van der Waals surface area contributed by atoms with Crippen molar-refractivity contribution in [1.82, 2.24) is 4.90 Å². The molecule has 0 bridgehead atoms. The zero-order valence-corrected chi connectivity index (χ0v) is 12.1. The lowest BCUT2D eigenvalue weighted by Gasteiger charge is -2.28. The predicted molar refractivity (Wildman–Crippen MR) is 77.5 cm³/mol. The Kier molecular flexibility index (Phi) is 4.85. The number of β-amino-alcohol motifs (C(OH)–C–C–N with tert-alkyl or cyclic N) is 1. The van der Waals surface area contributed by atoms with Crippen LogP contribution in [0.1, 0.15) is 0 Å². The fourth-order valence-corrected chi connectivity index (χ4v) is 3.36. The third-order valence-corrected chi connectivity index (χ3v) is 4.87. The molecular weight excluding hydrogens is 280 g/mol. The number of hydrogen-bond donors (Lipinski definition) is 2. The van der Waals surface area contributed by atoms with E-state index in [1.165, 1.54) is 0 Å². The van der Waals surface area contributed by atoms with Crippen molar-refractivity contribution in [2.24, 2.45) is 0 Å². The van der Waals surface area contributed by atoms with Gasteiger partial charge >= 0.3 is 0 Å². The first kappa shape index (κ1) is 15.1. The highest BCUT2D eigenvalue weighted by molar-refractivity contribution is 7.91. The summed E-state index contributed by atoms with van der Waals surface area (Å²) in [4.78, 5) is 1.93. The molecule has 1 aromatic rings. The highest BCUT2D eigenvalue weighted by Gasteiger charge is 2.23. The maximum atomic E-state index is 11.3. The maximum absolute atomic E-state index is 11.3. The summed E-state index contributed by atoms with van der Waals surface area (Å²) >= 11 is 0. The van der Waals surface area contributed by atoms with E-state index >= 15 is 0 Å². The van der Waals surface area contributed by atoms with Gasteiger partial charge in [-0.2, -0.15) is 0 Å². The van der Waals surface area contributed by atoms with Gasteiger partial charge in [-0.15, -0.1) is 0 Å². The summed E-state index contributed by atoms with van der Waals surface area (Å²) in [6.07, 6.45) is -0.671. The predicted octanol–water partition coefficient (Wildman–Crippen LogP) is -0.261. The monoisotopic (exact) mass is 300 g/mol. The van der Waals surface area contributed by atoms with Crippen LogP contribution in [0, 0.1) is 0 Å². The van der Waals surface area contributed by atoms with Gasteiger partial charge in [-0.3, -0.25) is 4.90 Å². The number of nitrogens with two attached hydrogens (primary N) is 1. The molecule has 0 amide bonds. The SMILES string of the molecule is Nc1ccccc1OCC(O)CN1CCS(=O)(=O)CC1. The summed E-state index contributed by atoms with van der Waals surface area (Å²) < 4.78 is 28.1. The number of aliphatic hydroxyl groups is 1. The Labute approximate surface area is 119 Å². The Balaban J connectivity index is 1.76. The van der Waals surface area contributed by atoms with Gasteiger partial charge in [0.25, 0.3) is 0 Å². The van der Waals surface area contributed by atoms with E-state index in [-0.39, 0.29) is 18.1 Å². The molecule has 3 N–H and O–H groups in total. The summed E-state index contributed by atoms with van der Waals surface area (Å²) in [5.74, 6) is 0.867. The van der Waals surface area contributed by atoms with E-state index in [2.05, 4.69) is 0 Å². The van der Waals surface area contributed by atoms with Crippen molar-refractivity contribution in [1.29, 1.82) is 0 Å². The molecule has 0 radical (unpaired) electrons. The molecule has 112 valence electrons. The first-order chi connectivity index (χ1) is 9.46. The summed E-state index contributed by atoms with van der Waals surface area (Å²) in [5.41, 5.74) is 6.27. The third kappa shape index (κ3) is 4.36. The number of rotatable bonds is 5. The summed E-state index contributed by atoms with van der Waals surface area (Å²) in [6, 6.07) is 7.10. The second kappa shape index (κ2) is 6.43. The number of nitrogen functional groups attached to an aromatic ring is 1. The van der Waals surface area contributed by atoms with Crippen molar-refractivity contribution in [3.8, 4) is 5.75 Å². The Morgan fingerprint density at radius 2 is 1.95 bits per heavy atom. The van der Waals surface area contributed by atoms with E-state index in [1.54, 1.807) is 12.1 Å². The van der Waals surface area contributed by atoms with Gasteiger partial charge in [0.15, 0.2) is 9.84 Å². The number of anilines is 1. The van der Waals surface area contributed by atoms with Crippen LogP contribution in [0.25, 0.3) is 0 Å². The van der Waals surface area contributed by atoms with E-state index < -0.39 is 15.9 Å². The normalized spacial score (nSPS) is 20.4. The van der Waals surface area contributed by atoms with Gasteiger partial charge in [0, 0.05) is 19.6 Å². The molecule has 2 rings (SSSR count). The van der Waals surface area contributed by atoms with Crippen molar-refractivity contribution in [3.05, 3.63) is 24.3 Å². The highest BCUT2D eigenvalue weighted by atomic mass is 32.2. The molecule has 7 heteroatoms. The molecule has 1 aromatic carbocycles. The van der Waals surface area contributed by atoms with E-state index in [9.17, 15) is 13.5 Å². The quantitative estimate of drug-likeness (QED) is 0.728. The van der Waals surface area contributed by atoms with Crippen LogP contribution in [0.2, 0.25) is 0 Å². The van der Waals surface area contributed by atoms with Crippen LogP contribution in [0.15, 0.2) is 24.3 Å². The van der Waals surface area contributed by atoms with Crippen LogP contribution in [0.3, 0.4) is 0 Å². The number of ether oxygens (including phenoxy) is 1. The molecule has 1 unspecified atom stereocenters. The molecule has 0 aliphatic carbocycles. The lowest BCUT2D eigenvalue weighted by Crippen LogP contribution is -2.44. The molecule has 6 nitrogen and oxygen atoms in total. The van der Waals surface area contributed by atoms with Crippen molar-refractivity contribution in [3.63, 3.8) is 0 Å². The third-order valence-electron chi connectivity index (χ3n) is 3.26. The van der Waals surface area contributed by atoms with Gasteiger partial charge in [-0.25, -0.2) is 8.42 Å². The minimum Gasteiger partial charge on any atom is -0.489 e. The van der Waals surface area contributed by atoms with Crippen LogP contribution in [-0.4, -0.2) is 62.3 Å². The minimum atomic E-state index is -2.88. The molecule has 0 spiro atoms. The second-order valence-electron chi connectivity index (χ2n) is 4.96. The summed E-state index contributed by atoms with van der Waals surface area (Å²) in [6.45, 7) is 1.47. The van der Waals surface area contributed by atoms with Gasteiger partial charge in [-0.05, 0) is 12.1 Å².